The van der Waals surface area contributed by atoms with Gasteiger partial charge in [0.15, 0.2) is 11.5 Å². The van der Waals surface area contributed by atoms with E-state index < -0.39 is 0 Å². The largest absolute Gasteiger partial charge is 0.460 e. The lowest BCUT2D eigenvalue weighted by Crippen LogP contribution is -2.50. The molecule has 3 aromatic heterocycles. The zero-order chi connectivity index (χ0) is 16.0. The molecule has 4 rings (SSSR count). The molecular formula is C19H23N2O+. The van der Waals surface area contributed by atoms with Crippen LogP contribution in [0.2, 0.25) is 0 Å². The summed E-state index contributed by atoms with van der Waals surface area (Å²) >= 11 is 0. The summed E-state index contributed by atoms with van der Waals surface area (Å²) in [5.74, 6) is 1.03. The maximum Gasteiger partial charge on any atom is 0.291 e. The Labute approximate surface area is 131 Å². The summed E-state index contributed by atoms with van der Waals surface area (Å²) in [5.41, 5.74) is 10.4. The quantitative estimate of drug-likeness (QED) is 0.571. The third-order valence-corrected chi connectivity index (χ3v) is 5.76. The summed E-state index contributed by atoms with van der Waals surface area (Å²) < 4.78 is 10.7. The van der Waals surface area contributed by atoms with Crippen LogP contribution < -0.4 is 4.57 Å². The van der Waals surface area contributed by atoms with Crippen molar-refractivity contribution in [3.63, 3.8) is 0 Å². The highest BCUT2D eigenvalue weighted by Gasteiger charge is 2.48. The van der Waals surface area contributed by atoms with Crippen molar-refractivity contribution >= 4 is 5.65 Å². The zero-order valence-electron chi connectivity index (χ0n) is 14.5. The van der Waals surface area contributed by atoms with Gasteiger partial charge >= 0.3 is 0 Å². The summed E-state index contributed by atoms with van der Waals surface area (Å²) in [7, 11) is 0. The molecule has 0 bridgehead atoms. The zero-order valence-corrected chi connectivity index (χ0v) is 14.5. The number of fused-ring (bicyclic) bond motifs is 5. The second kappa shape index (κ2) is 3.83. The molecule has 0 radical (unpaired) electrons. The molecule has 3 nitrogen and oxygen atoms in total. The first-order valence-corrected chi connectivity index (χ1v) is 7.90. The van der Waals surface area contributed by atoms with Crippen LogP contribution in [-0.2, 0) is 5.54 Å². The monoisotopic (exact) mass is 295 g/mol. The number of imidazole rings is 1. The topological polar surface area (TPSA) is 21.4 Å². The van der Waals surface area contributed by atoms with Gasteiger partial charge in [-0.15, -0.1) is 0 Å². The average molecular weight is 295 g/mol. The molecule has 0 amide bonds. The predicted octanol–water partition coefficient (Wildman–Crippen LogP) is 4.13. The highest BCUT2D eigenvalue weighted by atomic mass is 16.3. The molecule has 22 heavy (non-hydrogen) atoms. The number of furan rings is 1. The molecule has 0 saturated carbocycles. The highest BCUT2D eigenvalue weighted by molar-refractivity contribution is 5.67. The second-order valence-electron chi connectivity index (χ2n) is 7.11. The number of nitrogens with zero attached hydrogens (tertiary/aromatic N) is 2. The van der Waals surface area contributed by atoms with Crippen molar-refractivity contribution in [2.45, 2.75) is 54.0 Å². The minimum Gasteiger partial charge on any atom is -0.460 e. The van der Waals surface area contributed by atoms with E-state index in [1.807, 2.05) is 6.26 Å². The Morgan fingerprint density at radius 2 is 1.64 bits per heavy atom. The highest BCUT2D eigenvalue weighted by Crippen LogP contribution is 2.42. The molecule has 0 N–H and O–H groups in total. The molecule has 1 aliphatic rings. The first-order chi connectivity index (χ1) is 10.3. The first-order valence-electron chi connectivity index (χ1n) is 7.90. The molecule has 0 fully saturated rings. The van der Waals surface area contributed by atoms with Gasteiger partial charge in [-0.05, 0) is 58.7 Å². The SMILES string of the molecule is Cc1c(C)c(C)n2c(C)c3[n+](c2c1C)C(C)(C)c1ccoc1-3. The summed E-state index contributed by atoms with van der Waals surface area (Å²) in [4.78, 5) is 0. The molecule has 1 aliphatic heterocycles. The van der Waals surface area contributed by atoms with E-state index in [1.54, 1.807) is 0 Å². The standard InChI is InChI=1S/C19H23N2O/c1-10-11(2)13(4)20-14(5)16-17-15(8-9-22-17)19(6,7)21(16)18(20)12(10)3/h8-9H,1-7H3/q+1. The Kier molecular flexibility index (Phi) is 2.37. The van der Waals surface area contributed by atoms with Gasteiger partial charge in [-0.1, -0.05) is 0 Å². The van der Waals surface area contributed by atoms with Gasteiger partial charge in [-0.25, -0.2) is 4.57 Å². The van der Waals surface area contributed by atoms with Crippen LogP contribution in [0.5, 0.6) is 0 Å². The summed E-state index contributed by atoms with van der Waals surface area (Å²) in [5, 5.41) is 0. The van der Waals surface area contributed by atoms with Crippen LogP contribution in [0, 0.1) is 34.6 Å². The molecular weight excluding hydrogens is 272 g/mol. The Morgan fingerprint density at radius 3 is 2.32 bits per heavy atom. The minimum atomic E-state index is -0.0872. The smallest absolute Gasteiger partial charge is 0.291 e. The van der Waals surface area contributed by atoms with Crippen LogP contribution in [0.25, 0.3) is 17.1 Å². The van der Waals surface area contributed by atoms with E-state index in [2.05, 4.69) is 63.5 Å². The lowest BCUT2D eigenvalue weighted by molar-refractivity contribution is -0.708. The van der Waals surface area contributed by atoms with Crippen molar-refractivity contribution in [2.75, 3.05) is 0 Å². The molecule has 4 heterocycles. The van der Waals surface area contributed by atoms with Crippen LogP contribution in [0.1, 0.15) is 47.5 Å². The fourth-order valence-corrected chi connectivity index (χ4v) is 4.17. The van der Waals surface area contributed by atoms with Gasteiger partial charge in [-0.3, -0.25) is 0 Å². The molecule has 3 heteroatoms. The van der Waals surface area contributed by atoms with E-state index in [1.165, 1.54) is 45.0 Å². The number of hydrogen-bond acceptors (Lipinski definition) is 1. The van der Waals surface area contributed by atoms with Gasteiger partial charge in [0.2, 0.25) is 5.69 Å². The summed E-state index contributed by atoms with van der Waals surface area (Å²) in [6, 6.07) is 2.11. The van der Waals surface area contributed by atoms with E-state index in [0.717, 1.165) is 5.76 Å². The number of rotatable bonds is 0. The van der Waals surface area contributed by atoms with E-state index >= 15 is 0 Å². The van der Waals surface area contributed by atoms with Crippen LogP contribution in [0.4, 0.5) is 0 Å². The molecule has 0 unspecified atom stereocenters. The van der Waals surface area contributed by atoms with E-state index in [4.69, 9.17) is 4.42 Å². The third-order valence-electron chi connectivity index (χ3n) is 5.76. The molecule has 3 aromatic rings. The second-order valence-corrected chi connectivity index (χ2v) is 7.11. The molecule has 0 atom stereocenters. The predicted molar refractivity (Wildman–Crippen MR) is 87.4 cm³/mol. The maximum atomic E-state index is 5.85. The lowest BCUT2D eigenvalue weighted by atomic mass is 9.96. The number of aromatic nitrogens is 2. The van der Waals surface area contributed by atoms with Gasteiger partial charge in [-0.2, -0.15) is 4.40 Å². The molecule has 0 saturated heterocycles. The van der Waals surface area contributed by atoms with E-state index in [9.17, 15) is 0 Å². The van der Waals surface area contributed by atoms with Crippen molar-refractivity contribution < 1.29 is 8.98 Å². The van der Waals surface area contributed by atoms with Gasteiger partial charge < -0.3 is 4.42 Å². The maximum absolute atomic E-state index is 5.85. The van der Waals surface area contributed by atoms with Crippen LogP contribution >= 0.6 is 0 Å². The average Bonchev–Trinajstić information content (AvgIpc) is 3.09. The first kappa shape index (κ1) is 13.6. The van der Waals surface area contributed by atoms with Crippen molar-refractivity contribution in [3.8, 4) is 11.5 Å². The third kappa shape index (κ3) is 1.26. The fraction of sp³-hybridized carbons (Fsp3) is 0.421. The Bertz CT molecular complexity index is 954. The summed E-state index contributed by atoms with van der Waals surface area (Å²) in [6.45, 7) is 15.7. The Balaban J connectivity index is 2.32. The molecule has 0 spiro atoms. The number of aryl methyl sites for hydroxylation is 3. The van der Waals surface area contributed by atoms with Gasteiger partial charge in [0.1, 0.15) is 11.2 Å². The van der Waals surface area contributed by atoms with Crippen LogP contribution in [0.15, 0.2) is 16.7 Å². The van der Waals surface area contributed by atoms with E-state index in [0.29, 0.717) is 0 Å². The van der Waals surface area contributed by atoms with Crippen LogP contribution in [-0.4, -0.2) is 4.40 Å². The van der Waals surface area contributed by atoms with Crippen molar-refractivity contribution in [3.05, 3.63) is 46.0 Å². The number of hydrogen-bond donors (Lipinski definition) is 0. The molecule has 0 aromatic carbocycles. The van der Waals surface area contributed by atoms with Gasteiger partial charge in [0, 0.05) is 18.1 Å². The Hall–Kier alpha value is -2.03. The van der Waals surface area contributed by atoms with Crippen molar-refractivity contribution in [1.82, 2.24) is 4.40 Å². The van der Waals surface area contributed by atoms with Crippen LogP contribution in [0.3, 0.4) is 0 Å². The number of pyridine rings is 1. The van der Waals surface area contributed by atoms with Gasteiger partial charge in [0.05, 0.1) is 6.26 Å². The Morgan fingerprint density at radius 1 is 0.955 bits per heavy atom. The summed E-state index contributed by atoms with van der Waals surface area (Å²) in [6.07, 6.45) is 1.81. The van der Waals surface area contributed by atoms with Gasteiger partial charge in [0.25, 0.3) is 5.65 Å². The molecule has 0 aliphatic carbocycles. The van der Waals surface area contributed by atoms with Crippen molar-refractivity contribution in [2.24, 2.45) is 0 Å². The molecule has 114 valence electrons. The van der Waals surface area contributed by atoms with Crippen molar-refractivity contribution in [1.29, 1.82) is 0 Å². The fourth-order valence-electron chi connectivity index (χ4n) is 4.17. The normalized spacial score (nSPS) is 15.4. The van der Waals surface area contributed by atoms with E-state index in [-0.39, 0.29) is 5.54 Å². The minimum absolute atomic E-state index is 0.0872. The lowest BCUT2D eigenvalue weighted by Gasteiger charge is -2.18.